The van der Waals surface area contributed by atoms with Gasteiger partial charge in [0, 0.05) is 46.7 Å². The highest BCUT2D eigenvalue weighted by atomic mass is 16.6. The lowest BCUT2D eigenvalue weighted by atomic mass is 9.60. The Bertz CT molecular complexity index is 2600. The van der Waals surface area contributed by atoms with Crippen molar-refractivity contribution in [2.45, 2.75) is 116 Å². The van der Waals surface area contributed by atoms with Gasteiger partial charge >= 0.3 is 11.9 Å². The molecular weight excluding hydrogens is 845 g/mol. The largest absolute Gasteiger partial charge is 0.507 e. The first kappa shape index (κ1) is 48.8. The molecule has 13 nitrogen and oxygen atoms in total. The molecule has 0 amide bonds. The maximum atomic E-state index is 14.7. The van der Waals surface area contributed by atoms with E-state index in [9.17, 15) is 39.6 Å². The summed E-state index contributed by atoms with van der Waals surface area (Å²) in [5, 5.41) is 42.4. The first-order valence-corrected chi connectivity index (χ1v) is 22.0. The molecule has 4 N–H and O–H groups in total. The van der Waals surface area contributed by atoms with Crippen LogP contribution in [0, 0.1) is 5.92 Å². The number of carbonyl (C=O) groups is 4. The van der Waals surface area contributed by atoms with Gasteiger partial charge < -0.3 is 44.1 Å². The number of ether oxygens (including phenoxy) is 5. The third-order valence-electron chi connectivity index (χ3n) is 12.8. The van der Waals surface area contributed by atoms with E-state index in [0.29, 0.717) is 53.9 Å². The number of Topliss-reactive ketones (excluding diaryl/α,β-unsaturated/α-hetero) is 1. The normalized spacial score (nSPS) is 23.1. The zero-order valence-corrected chi connectivity index (χ0v) is 39.3. The number of fused-ring (bicyclic) bond motifs is 2. The number of phenolic OH excluding ortho intramolecular Hbond substituents is 2. The summed E-state index contributed by atoms with van der Waals surface area (Å²) in [5.41, 5.74) is -2.05. The third-order valence-corrected chi connectivity index (χ3v) is 12.8. The Morgan fingerprint density at radius 3 is 2.17 bits per heavy atom. The van der Waals surface area contributed by atoms with Crippen molar-refractivity contribution in [3.8, 4) is 34.5 Å². The van der Waals surface area contributed by atoms with E-state index in [0.717, 1.165) is 12.0 Å². The van der Waals surface area contributed by atoms with Gasteiger partial charge in [-0.15, -0.1) is 0 Å². The predicted octanol–water partition coefficient (Wildman–Crippen LogP) is 10.2. The first-order chi connectivity index (χ1) is 31.1. The van der Waals surface area contributed by atoms with E-state index in [-0.39, 0.29) is 57.5 Å². The highest BCUT2D eigenvalue weighted by molar-refractivity contribution is 6.17. The van der Waals surface area contributed by atoms with E-state index in [1.165, 1.54) is 38.9 Å². The maximum absolute atomic E-state index is 14.7. The summed E-state index contributed by atoms with van der Waals surface area (Å²) in [6.45, 7) is 14.9. The Morgan fingerprint density at radius 1 is 0.879 bits per heavy atom. The number of phenols is 2. The molecule has 13 heteroatoms. The van der Waals surface area contributed by atoms with E-state index < -0.39 is 46.0 Å². The van der Waals surface area contributed by atoms with Crippen LogP contribution in [0.4, 0.5) is 0 Å². The Kier molecular flexibility index (Phi) is 13.9. The molecule has 3 aromatic rings. The fourth-order valence-corrected chi connectivity index (χ4v) is 9.48. The van der Waals surface area contributed by atoms with Crippen LogP contribution >= 0.6 is 0 Å². The molecule has 3 heterocycles. The van der Waals surface area contributed by atoms with Crippen LogP contribution in [-0.4, -0.2) is 80.6 Å². The van der Waals surface area contributed by atoms with Gasteiger partial charge in [0.1, 0.15) is 51.2 Å². The minimum Gasteiger partial charge on any atom is -0.507 e. The van der Waals surface area contributed by atoms with Gasteiger partial charge in [-0.25, -0.2) is 9.59 Å². The molecule has 4 unspecified atom stereocenters. The van der Waals surface area contributed by atoms with Gasteiger partial charge in [-0.2, -0.15) is 0 Å². The maximum Gasteiger partial charge on any atom is 0.340 e. The smallest absolute Gasteiger partial charge is 0.340 e. The van der Waals surface area contributed by atoms with Crippen LogP contribution in [0.5, 0.6) is 34.5 Å². The second kappa shape index (κ2) is 18.7. The van der Waals surface area contributed by atoms with Gasteiger partial charge in [-0.1, -0.05) is 65.8 Å². The number of aliphatic carboxylic acids is 2. The third kappa shape index (κ3) is 8.76. The average molecular weight is 905 g/mol. The SMILES string of the molecule is CC(C)=CCCC1(C)C=Cc2c(O)c3c(c(CC=C(C)C)c2O1)OC12C(=CCCC1C(C)(C)OC2(CC=C(C)C(=O)O)C(=O)O)C3=O.COc1cc(O)c(C(=O)c2ccccc2)c(OC)c1. The van der Waals surface area contributed by atoms with E-state index in [1.54, 1.807) is 56.3 Å². The minimum absolute atomic E-state index is 0.0407. The highest BCUT2D eigenvalue weighted by Crippen LogP contribution is 2.64. The standard InChI is InChI=1S/C38H46O9.C15H14O4/c1-21(2)11-10-18-36(8)19-17-24-29(39)28-30(40)26-12-9-13-27-35(6,7)47-37(34(43)44,20-16-23(5)33(41)42)38(26,27)46-32(28)25(31(24)45-36)15-14-22(3)4;1-18-11-8-12(16)14(13(9-11)19-2)15(17)10-6-4-3-5-7-10/h11-12,14,16-17,19,27,39H,9-10,13,15,18,20H2,1-8H3,(H,41,42)(H,43,44);3-9,16H,1-2H3. The van der Waals surface area contributed by atoms with E-state index >= 15 is 0 Å². The van der Waals surface area contributed by atoms with Gasteiger partial charge in [-0.05, 0) is 99.6 Å². The quantitative estimate of drug-likeness (QED) is 0.0719. The fourth-order valence-electron chi connectivity index (χ4n) is 9.48. The molecule has 1 aliphatic carbocycles. The van der Waals surface area contributed by atoms with E-state index in [4.69, 9.17) is 23.7 Å². The number of hydrogen-bond donors (Lipinski definition) is 4. The van der Waals surface area contributed by atoms with Crippen LogP contribution in [0.25, 0.3) is 6.08 Å². The lowest BCUT2D eigenvalue weighted by Gasteiger charge is -2.50. The molecule has 3 aromatic carbocycles. The Morgan fingerprint density at radius 2 is 1.56 bits per heavy atom. The molecule has 0 bridgehead atoms. The second-order valence-electron chi connectivity index (χ2n) is 18.4. The Labute approximate surface area is 385 Å². The van der Waals surface area contributed by atoms with Gasteiger partial charge in [0.15, 0.2) is 11.4 Å². The number of rotatable bonds is 13. The van der Waals surface area contributed by atoms with Crippen molar-refractivity contribution in [3.63, 3.8) is 0 Å². The predicted molar refractivity (Wildman–Crippen MR) is 249 cm³/mol. The lowest BCUT2D eigenvalue weighted by Crippen LogP contribution is -2.66. The molecule has 350 valence electrons. The summed E-state index contributed by atoms with van der Waals surface area (Å²) in [5.74, 6) is -3.27. The second-order valence-corrected chi connectivity index (χ2v) is 18.4. The molecule has 1 saturated heterocycles. The summed E-state index contributed by atoms with van der Waals surface area (Å²) >= 11 is 0. The lowest BCUT2D eigenvalue weighted by molar-refractivity contribution is -0.184. The van der Waals surface area contributed by atoms with Gasteiger partial charge in [-0.3, -0.25) is 9.59 Å². The van der Waals surface area contributed by atoms with Crippen LogP contribution in [0.15, 0.2) is 95.1 Å². The minimum atomic E-state index is -2.16. The fraction of sp³-hybridized carbons (Fsp3) is 0.396. The monoisotopic (exact) mass is 904 g/mol. The molecule has 0 saturated carbocycles. The van der Waals surface area contributed by atoms with Crippen molar-refractivity contribution in [1.29, 1.82) is 0 Å². The zero-order chi connectivity index (χ0) is 48.5. The number of carboxylic acids is 2. The number of carbonyl (C=O) groups excluding carboxylic acids is 2. The van der Waals surface area contributed by atoms with Gasteiger partial charge in [0.25, 0.3) is 0 Å². The van der Waals surface area contributed by atoms with Crippen LogP contribution < -0.4 is 18.9 Å². The topological polar surface area (TPSA) is 195 Å². The summed E-state index contributed by atoms with van der Waals surface area (Å²) < 4.78 is 30.4. The molecule has 1 fully saturated rings. The van der Waals surface area contributed by atoms with Crippen LogP contribution in [0.2, 0.25) is 0 Å². The van der Waals surface area contributed by atoms with Crippen LogP contribution in [0.3, 0.4) is 0 Å². The number of aromatic hydroxyl groups is 2. The summed E-state index contributed by atoms with van der Waals surface area (Å²) in [4.78, 5) is 52.4. The number of allylic oxidation sites excluding steroid dienone is 5. The van der Waals surface area contributed by atoms with Crippen LogP contribution in [-0.2, 0) is 20.7 Å². The first-order valence-electron chi connectivity index (χ1n) is 22.0. The van der Waals surface area contributed by atoms with Gasteiger partial charge in [0.05, 0.1) is 25.4 Å². The average Bonchev–Trinajstić information content (AvgIpc) is 3.47. The number of carboxylic acid groups (broad SMARTS) is 2. The zero-order valence-electron chi connectivity index (χ0n) is 39.3. The van der Waals surface area contributed by atoms with Crippen molar-refractivity contribution in [2.24, 2.45) is 5.92 Å². The molecule has 4 atom stereocenters. The summed E-state index contributed by atoms with van der Waals surface area (Å²) in [6.07, 6.45) is 13.1. The molecule has 0 aromatic heterocycles. The van der Waals surface area contributed by atoms with Crippen molar-refractivity contribution in [3.05, 3.63) is 123 Å². The van der Waals surface area contributed by atoms with Crippen molar-refractivity contribution < 1.29 is 63.3 Å². The number of hydrogen-bond acceptors (Lipinski definition) is 11. The van der Waals surface area contributed by atoms with E-state index in [1.807, 2.05) is 52.8 Å². The highest BCUT2D eigenvalue weighted by Gasteiger charge is 2.77. The van der Waals surface area contributed by atoms with Gasteiger partial charge in [0.2, 0.25) is 11.4 Å². The Hall–Kier alpha value is -6.60. The van der Waals surface area contributed by atoms with Crippen molar-refractivity contribution in [2.75, 3.05) is 14.2 Å². The molecule has 4 aliphatic rings. The molecule has 0 radical (unpaired) electrons. The number of methoxy groups -OCH3 is 2. The van der Waals surface area contributed by atoms with Crippen molar-refractivity contribution >= 4 is 29.6 Å². The molecule has 3 aliphatic heterocycles. The molecule has 66 heavy (non-hydrogen) atoms. The summed E-state index contributed by atoms with van der Waals surface area (Å²) in [7, 11) is 2.92. The summed E-state index contributed by atoms with van der Waals surface area (Å²) in [6, 6.07) is 11.7. The molecule has 1 spiro atoms. The Balaban J connectivity index is 0.000000315. The van der Waals surface area contributed by atoms with Crippen molar-refractivity contribution in [1.82, 2.24) is 0 Å². The van der Waals surface area contributed by atoms with Crippen LogP contribution in [0.1, 0.15) is 125 Å². The van der Waals surface area contributed by atoms with E-state index in [2.05, 4.69) is 6.08 Å². The number of benzene rings is 3. The molecular formula is C53H60O13. The number of ketones is 2. The molecule has 7 rings (SSSR count).